The van der Waals surface area contributed by atoms with Crippen LogP contribution in [0.1, 0.15) is 11.6 Å². The third kappa shape index (κ3) is 3.06. The Morgan fingerprint density at radius 1 is 1.28 bits per heavy atom. The van der Waals surface area contributed by atoms with Crippen molar-refractivity contribution in [3.05, 3.63) is 59.4 Å². The second-order valence-corrected chi connectivity index (χ2v) is 4.13. The fraction of sp³-hybridized carbons (Fsp3) is 0.0769. The summed E-state index contributed by atoms with van der Waals surface area (Å²) in [6.45, 7) is 0. The first-order chi connectivity index (χ1) is 8.66. The summed E-state index contributed by atoms with van der Waals surface area (Å²) in [6, 6.07) is 11.7. The molecule has 0 bridgehead atoms. The van der Waals surface area contributed by atoms with Crippen molar-refractivity contribution in [2.75, 3.05) is 5.32 Å². The van der Waals surface area contributed by atoms with Gasteiger partial charge in [-0.2, -0.15) is 0 Å². The van der Waals surface area contributed by atoms with Crippen LogP contribution in [-0.2, 0) is 4.79 Å². The minimum absolute atomic E-state index is 0.288. The molecule has 2 rings (SSSR count). The molecule has 1 heterocycles. The fourth-order valence-corrected chi connectivity index (χ4v) is 1.69. The van der Waals surface area contributed by atoms with Crippen molar-refractivity contribution < 1.29 is 4.79 Å². The van der Waals surface area contributed by atoms with Gasteiger partial charge in [0.2, 0.25) is 5.91 Å². The topological polar surface area (TPSA) is 68.0 Å². The van der Waals surface area contributed by atoms with Crippen LogP contribution in [0.5, 0.6) is 0 Å². The summed E-state index contributed by atoms with van der Waals surface area (Å²) in [6.07, 6.45) is 1.52. The van der Waals surface area contributed by atoms with Crippen LogP contribution < -0.4 is 11.1 Å². The summed E-state index contributed by atoms with van der Waals surface area (Å²) in [5, 5.41) is 3.01. The standard InChI is InChI=1S/C13H12ClN3O/c14-11-8-10(6-7-16-11)17-13(18)12(15)9-4-2-1-3-5-9/h1-8,12H,15H2,(H,16,17,18)/t12-/m0/s1. The van der Waals surface area contributed by atoms with Crippen molar-refractivity contribution in [1.29, 1.82) is 0 Å². The highest BCUT2D eigenvalue weighted by atomic mass is 35.5. The molecule has 18 heavy (non-hydrogen) atoms. The average Bonchev–Trinajstić information content (AvgIpc) is 2.39. The second-order valence-electron chi connectivity index (χ2n) is 3.74. The van der Waals surface area contributed by atoms with E-state index in [9.17, 15) is 4.79 Å². The summed E-state index contributed by atoms with van der Waals surface area (Å²) in [5.41, 5.74) is 7.20. The largest absolute Gasteiger partial charge is 0.324 e. The van der Waals surface area contributed by atoms with E-state index >= 15 is 0 Å². The molecular formula is C13H12ClN3O. The highest BCUT2D eigenvalue weighted by Gasteiger charge is 2.15. The number of anilines is 1. The number of carbonyl (C=O) groups is 1. The number of hydrogen-bond donors (Lipinski definition) is 2. The number of hydrogen-bond acceptors (Lipinski definition) is 3. The van der Waals surface area contributed by atoms with Gasteiger partial charge in [0.15, 0.2) is 0 Å². The van der Waals surface area contributed by atoms with Crippen LogP contribution in [0.4, 0.5) is 5.69 Å². The predicted molar refractivity (Wildman–Crippen MR) is 71.2 cm³/mol. The van der Waals surface area contributed by atoms with E-state index in [0.717, 1.165) is 5.56 Å². The van der Waals surface area contributed by atoms with Crippen LogP contribution in [0.3, 0.4) is 0 Å². The lowest BCUT2D eigenvalue weighted by Crippen LogP contribution is -2.27. The van der Waals surface area contributed by atoms with E-state index in [-0.39, 0.29) is 5.91 Å². The molecule has 1 atom stereocenters. The SMILES string of the molecule is N[C@H](C(=O)Nc1ccnc(Cl)c1)c1ccccc1. The number of halogens is 1. The minimum Gasteiger partial charge on any atom is -0.324 e. The molecule has 0 saturated carbocycles. The number of nitrogens with zero attached hydrogens (tertiary/aromatic N) is 1. The van der Waals surface area contributed by atoms with E-state index in [1.165, 1.54) is 6.20 Å². The Morgan fingerprint density at radius 2 is 2.00 bits per heavy atom. The van der Waals surface area contributed by atoms with Gasteiger partial charge in [-0.1, -0.05) is 41.9 Å². The van der Waals surface area contributed by atoms with Gasteiger partial charge >= 0.3 is 0 Å². The normalized spacial score (nSPS) is 11.9. The number of aromatic nitrogens is 1. The lowest BCUT2D eigenvalue weighted by Gasteiger charge is -2.12. The highest BCUT2D eigenvalue weighted by molar-refractivity contribution is 6.29. The Morgan fingerprint density at radius 3 is 2.67 bits per heavy atom. The summed E-state index contributed by atoms with van der Waals surface area (Å²) in [5.74, 6) is -0.288. The van der Waals surface area contributed by atoms with Crippen molar-refractivity contribution in [3.63, 3.8) is 0 Å². The monoisotopic (exact) mass is 261 g/mol. The Balaban J connectivity index is 2.09. The first kappa shape index (κ1) is 12.5. The number of rotatable bonds is 3. The molecule has 3 N–H and O–H groups in total. The van der Waals surface area contributed by atoms with Crippen molar-refractivity contribution in [3.8, 4) is 0 Å². The third-order valence-electron chi connectivity index (χ3n) is 2.44. The molecule has 0 aliphatic rings. The molecule has 1 aromatic carbocycles. The quantitative estimate of drug-likeness (QED) is 0.834. The first-order valence-corrected chi connectivity index (χ1v) is 5.77. The molecule has 0 unspecified atom stereocenters. The van der Waals surface area contributed by atoms with E-state index in [2.05, 4.69) is 10.3 Å². The highest BCUT2D eigenvalue weighted by Crippen LogP contribution is 2.15. The van der Waals surface area contributed by atoms with E-state index in [1.54, 1.807) is 12.1 Å². The van der Waals surface area contributed by atoms with Crippen LogP contribution in [0, 0.1) is 0 Å². The van der Waals surface area contributed by atoms with Gasteiger partial charge < -0.3 is 11.1 Å². The van der Waals surface area contributed by atoms with E-state index in [4.69, 9.17) is 17.3 Å². The molecule has 5 heteroatoms. The van der Waals surface area contributed by atoms with Gasteiger partial charge in [-0.25, -0.2) is 4.98 Å². The zero-order chi connectivity index (χ0) is 13.0. The van der Waals surface area contributed by atoms with Gasteiger partial charge in [0.25, 0.3) is 0 Å². The van der Waals surface area contributed by atoms with Crippen LogP contribution >= 0.6 is 11.6 Å². The number of nitrogens with two attached hydrogens (primary N) is 1. The fourth-order valence-electron chi connectivity index (χ4n) is 1.51. The third-order valence-corrected chi connectivity index (χ3v) is 2.64. The molecular weight excluding hydrogens is 250 g/mol. The van der Waals surface area contributed by atoms with Gasteiger partial charge in [-0.15, -0.1) is 0 Å². The Hall–Kier alpha value is -1.91. The summed E-state index contributed by atoms with van der Waals surface area (Å²) >= 11 is 5.73. The minimum atomic E-state index is -0.710. The predicted octanol–water partition coefficient (Wildman–Crippen LogP) is 2.37. The maximum Gasteiger partial charge on any atom is 0.245 e. The van der Waals surface area contributed by atoms with Crippen molar-refractivity contribution >= 4 is 23.2 Å². The van der Waals surface area contributed by atoms with Crippen LogP contribution in [-0.4, -0.2) is 10.9 Å². The lowest BCUT2D eigenvalue weighted by molar-refractivity contribution is -0.117. The maximum absolute atomic E-state index is 11.9. The first-order valence-electron chi connectivity index (χ1n) is 5.40. The Kier molecular flexibility index (Phi) is 3.92. The van der Waals surface area contributed by atoms with Crippen molar-refractivity contribution in [2.24, 2.45) is 5.73 Å². The van der Waals surface area contributed by atoms with E-state index in [1.807, 2.05) is 30.3 Å². The molecule has 0 aliphatic carbocycles. The zero-order valence-corrected chi connectivity index (χ0v) is 10.3. The number of benzene rings is 1. The van der Waals surface area contributed by atoms with E-state index < -0.39 is 6.04 Å². The molecule has 0 radical (unpaired) electrons. The number of carbonyl (C=O) groups excluding carboxylic acids is 1. The van der Waals surface area contributed by atoms with Crippen LogP contribution in [0.2, 0.25) is 5.15 Å². The summed E-state index contributed by atoms with van der Waals surface area (Å²) < 4.78 is 0. The molecule has 0 fully saturated rings. The van der Waals surface area contributed by atoms with Gasteiger partial charge in [0.05, 0.1) is 0 Å². The zero-order valence-electron chi connectivity index (χ0n) is 9.51. The Labute approximate surface area is 110 Å². The molecule has 92 valence electrons. The average molecular weight is 262 g/mol. The van der Waals surface area contributed by atoms with Gasteiger partial charge in [0, 0.05) is 11.9 Å². The van der Waals surface area contributed by atoms with Gasteiger partial charge in [-0.3, -0.25) is 4.79 Å². The number of pyridine rings is 1. The van der Waals surface area contributed by atoms with Crippen molar-refractivity contribution in [2.45, 2.75) is 6.04 Å². The smallest absolute Gasteiger partial charge is 0.245 e. The van der Waals surface area contributed by atoms with Crippen molar-refractivity contribution in [1.82, 2.24) is 4.98 Å². The molecule has 0 aliphatic heterocycles. The number of amides is 1. The van der Waals surface area contributed by atoms with E-state index in [0.29, 0.717) is 10.8 Å². The molecule has 0 saturated heterocycles. The summed E-state index contributed by atoms with van der Waals surface area (Å²) in [4.78, 5) is 15.8. The molecule has 2 aromatic rings. The molecule has 4 nitrogen and oxygen atoms in total. The van der Waals surface area contributed by atoms with Gasteiger partial charge in [-0.05, 0) is 17.7 Å². The maximum atomic E-state index is 11.9. The van der Waals surface area contributed by atoms with Crippen LogP contribution in [0.15, 0.2) is 48.7 Å². The lowest BCUT2D eigenvalue weighted by atomic mass is 10.1. The molecule has 1 amide bonds. The van der Waals surface area contributed by atoms with Gasteiger partial charge in [0.1, 0.15) is 11.2 Å². The Bertz CT molecular complexity index is 545. The molecule has 1 aromatic heterocycles. The molecule has 0 spiro atoms. The second kappa shape index (κ2) is 5.62. The summed E-state index contributed by atoms with van der Waals surface area (Å²) in [7, 11) is 0. The van der Waals surface area contributed by atoms with Crippen LogP contribution in [0.25, 0.3) is 0 Å². The number of nitrogens with one attached hydrogen (secondary N) is 1.